The van der Waals surface area contributed by atoms with Gasteiger partial charge in [-0.1, -0.05) is 51.8 Å². The molecule has 0 atom stereocenters. The molecule has 118 valence electrons. The van der Waals surface area contributed by atoms with Gasteiger partial charge in [-0.05, 0) is 35.4 Å². The number of rotatable bonds is 4. The second kappa shape index (κ2) is 8.45. The molecule has 23 heavy (non-hydrogen) atoms. The van der Waals surface area contributed by atoms with Gasteiger partial charge in [0.1, 0.15) is 0 Å². The minimum atomic E-state index is -0.829. The number of hydrazone groups is 1. The normalized spacial score (nSPS) is 10.5. The standard InChI is InChI=1S/C16H13BrClN3O2/c17-13-3-1-2-12(8-13)10-20-21-16(23)15(22)19-9-11-4-6-14(18)7-5-11/h1-8,10H,9H2,(H,19,22)(H,21,23). The first-order valence-corrected chi connectivity index (χ1v) is 7.83. The maximum Gasteiger partial charge on any atom is 0.329 e. The summed E-state index contributed by atoms with van der Waals surface area (Å²) in [4.78, 5) is 23.3. The molecular weight excluding hydrogens is 382 g/mol. The Labute approximate surface area is 146 Å². The molecule has 2 N–H and O–H groups in total. The van der Waals surface area contributed by atoms with Gasteiger partial charge in [0.2, 0.25) is 0 Å². The number of hydrogen-bond donors (Lipinski definition) is 2. The SMILES string of the molecule is O=C(NCc1ccc(Cl)cc1)C(=O)NN=Cc1cccc(Br)c1. The van der Waals surface area contributed by atoms with Crippen LogP contribution in [0.4, 0.5) is 0 Å². The van der Waals surface area contributed by atoms with Crippen molar-refractivity contribution in [2.24, 2.45) is 5.10 Å². The first-order chi connectivity index (χ1) is 11.0. The monoisotopic (exact) mass is 393 g/mol. The van der Waals surface area contributed by atoms with E-state index in [1.165, 1.54) is 6.21 Å². The second-order valence-corrected chi connectivity index (χ2v) is 5.92. The molecule has 0 aliphatic heterocycles. The van der Waals surface area contributed by atoms with Crippen molar-refractivity contribution in [1.82, 2.24) is 10.7 Å². The molecule has 0 bridgehead atoms. The van der Waals surface area contributed by atoms with Gasteiger partial charge >= 0.3 is 11.8 Å². The maximum absolute atomic E-state index is 11.6. The Balaban J connectivity index is 1.80. The summed E-state index contributed by atoms with van der Waals surface area (Å²) in [5, 5.41) is 6.86. The zero-order valence-electron chi connectivity index (χ0n) is 11.9. The molecule has 5 nitrogen and oxygen atoms in total. The van der Waals surface area contributed by atoms with Gasteiger partial charge in [0, 0.05) is 16.0 Å². The number of halogens is 2. The Bertz CT molecular complexity index is 732. The molecule has 2 amide bonds. The zero-order valence-corrected chi connectivity index (χ0v) is 14.3. The number of amides is 2. The molecule has 0 radical (unpaired) electrons. The third-order valence-electron chi connectivity index (χ3n) is 2.80. The molecule has 0 aliphatic carbocycles. The highest BCUT2D eigenvalue weighted by Gasteiger charge is 2.11. The van der Waals surface area contributed by atoms with Crippen molar-refractivity contribution in [3.63, 3.8) is 0 Å². The van der Waals surface area contributed by atoms with Crippen molar-refractivity contribution in [2.75, 3.05) is 0 Å². The topological polar surface area (TPSA) is 70.6 Å². The molecular formula is C16H13BrClN3O2. The summed E-state index contributed by atoms with van der Waals surface area (Å²) in [7, 11) is 0. The number of hydrogen-bond acceptors (Lipinski definition) is 3. The fourth-order valence-corrected chi connectivity index (χ4v) is 2.21. The molecule has 0 aliphatic rings. The predicted octanol–water partition coefficient (Wildman–Crippen LogP) is 2.87. The van der Waals surface area contributed by atoms with Crippen molar-refractivity contribution in [2.45, 2.75) is 6.54 Å². The largest absolute Gasteiger partial charge is 0.344 e. The van der Waals surface area contributed by atoms with E-state index in [2.05, 4.69) is 31.8 Å². The van der Waals surface area contributed by atoms with Gasteiger partial charge in [-0.2, -0.15) is 5.10 Å². The highest BCUT2D eigenvalue weighted by atomic mass is 79.9. The molecule has 0 unspecified atom stereocenters. The van der Waals surface area contributed by atoms with Crippen LogP contribution in [-0.2, 0) is 16.1 Å². The van der Waals surface area contributed by atoms with Crippen molar-refractivity contribution in [1.29, 1.82) is 0 Å². The van der Waals surface area contributed by atoms with E-state index in [1.54, 1.807) is 24.3 Å². The Kier molecular flexibility index (Phi) is 6.31. The molecule has 2 rings (SSSR count). The predicted molar refractivity (Wildman–Crippen MR) is 93.2 cm³/mol. The molecule has 0 saturated heterocycles. The van der Waals surface area contributed by atoms with Crippen molar-refractivity contribution >= 4 is 45.6 Å². The highest BCUT2D eigenvalue weighted by Crippen LogP contribution is 2.10. The lowest BCUT2D eigenvalue weighted by Gasteiger charge is -2.04. The number of nitrogens with zero attached hydrogens (tertiary/aromatic N) is 1. The van der Waals surface area contributed by atoms with Gasteiger partial charge in [-0.15, -0.1) is 0 Å². The van der Waals surface area contributed by atoms with Gasteiger partial charge < -0.3 is 5.32 Å². The van der Waals surface area contributed by atoms with Crippen molar-refractivity contribution in [3.05, 3.63) is 69.2 Å². The molecule has 7 heteroatoms. The molecule has 0 heterocycles. The van der Waals surface area contributed by atoms with E-state index in [-0.39, 0.29) is 6.54 Å². The fraction of sp³-hybridized carbons (Fsp3) is 0.0625. The van der Waals surface area contributed by atoms with E-state index < -0.39 is 11.8 Å². The zero-order chi connectivity index (χ0) is 16.7. The summed E-state index contributed by atoms with van der Waals surface area (Å²) >= 11 is 9.10. The summed E-state index contributed by atoms with van der Waals surface area (Å²) < 4.78 is 0.897. The number of benzene rings is 2. The Morgan fingerprint density at radius 1 is 1.13 bits per heavy atom. The van der Waals surface area contributed by atoms with Crippen molar-refractivity contribution in [3.8, 4) is 0 Å². The van der Waals surface area contributed by atoms with Gasteiger partial charge in [0.25, 0.3) is 0 Å². The van der Waals surface area contributed by atoms with E-state index in [4.69, 9.17) is 11.6 Å². The van der Waals surface area contributed by atoms with Crippen LogP contribution in [0.15, 0.2) is 58.1 Å². The summed E-state index contributed by atoms with van der Waals surface area (Å²) in [5.74, 6) is -1.59. The number of carbonyl (C=O) groups excluding carboxylic acids is 2. The van der Waals surface area contributed by atoms with Crippen LogP contribution in [0.1, 0.15) is 11.1 Å². The number of carbonyl (C=O) groups is 2. The van der Waals surface area contributed by atoms with E-state index in [1.807, 2.05) is 24.3 Å². The molecule has 0 aromatic heterocycles. The van der Waals surface area contributed by atoms with Crippen LogP contribution in [-0.4, -0.2) is 18.0 Å². The lowest BCUT2D eigenvalue weighted by Crippen LogP contribution is -2.37. The summed E-state index contributed by atoms with van der Waals surface area (Å²) in [6, 6.07) is 14.3. The van der Waals surface area contributed by atoms with Gasteiger partial charge in [-0.3, -0.25) is 9.59 Å². The third-order valence-corrected chi connectivity index (χ3v) is 3.55. The third kappa shape index (κ3) is 5.84. The van der Waals surface area contributed by atoms with Crippen LogP contribution in [0.3, 0.4) is 0 Å². The second-order valence-electron chi connectivity index (χ2n) is 4.56. The van der Waals surface area contributed by atoms with Crippen LogP contribution in [0, 0.1) is 0 Å². The van der Waals surface area contributed by atoms with E-state index >= 15 is 0 Å². The van der Waals surface area contributed by atoms with Crippen LogP contribution in [0.5, 0.6) is 0 Å². The first kappa shape index (κ1) is 17.2. The molecule has 2 aromatic rings. The molecule has 0 fully saturated rings. The highest BCUT2D eigenvalue weighted by molar-refractivity contribution is 9.10. The molecule has 0 spiro atoms. The quantitative estimate of drug-likeness (QED) is 0.475. The lowest BCUT2D eigenvalue weighted by atomic mass is 10.2. The smallest absolute Gasteiger partial charge is 0.329 e. The van der Waals surface area contributed by atoms with E-state index in [0.717, 1.165) is 15.6 Å². The van der Waals surface area contributed by atoms with Crippen LogP contribution >= 0.6 is 27.5 Å². The average molecular weight is 395 g/mol. The van der Waals surface area contributed by atoms with Crippen LogP contribution in [0.2, 0.25) is 5.02 Å². The summed E-state index contributed by atoms with van der Waals surface area (Å²) in [6.45, 7) is 0.235. The average Bonchev–Trinajstić information content (AvgIpc) is 2.54. The lowest BCUT2D eigenvalue weighted by molar-refractivity contribution is -0.139. The first-order valence-electron chi connectivity index (χ1n) is 6.66. The summed E-state index contributed by atoms with van der Waals surface area (Å²) in [6.07, 6.45) is 1.45. The van der Waals surface area contributed by atoms with Gasteiger partial charge in [0.15, 0.2) is 0 Å². The van der Waals surface area contributed by atoms with Gasteiger partial charge in [0.05, 0.1) is 6.21 Å². The fourth-order valence-electron chi connectivity index (χ4n) is 1.67. The summed E-state index contributed by atoms with van der Waals surface area (Å²) in [5.41, 5.74) is 3.81. The van der Waals surface area contributed by atoms with E-state index in [9.17, 15) is 9.59 Å². The minimum absolute atomic E-state index is 0.235. The van der Waals surface area contributed by atoms with Gasteiger partial charge in [-0.25, -0.2) is 5.43 Å². The minimum Gasteiger partial charge on any atom is -0.344 e. The Morgan fingerprint density at radius 3 is 2.57 bits per heavy atom. The van der Waals surface area contributed by atoms with Crippen LogP contribution in [0.25, 0.3) is 0 Å². The maximum atomic E-state index is 11.6. The Hall–Kier alpha value is -2.18. The molecule has 2 aromatic carbocycles. The molecule has 0 saturated carbocycles. The van der Waals surface area contributed by atoms with Crippen molar-refractivity contribution < 1.29 is 9.59 Å². The number of nitrogens with one attached hydrogen (secondary N) is 2. The van der Waals surface area contributed by atoms with E-state index in [0.29, 0.717) is 5.02 Å². The van der Waals surface area contributed by atoms with Crippen LogP contribution < -0.4 is 10.7 Å². The Morgan fingerprint density at radius 2 is 1.87 bits per heavy atom.